The van der Waals surface area contributed by atoms with Gasteiger partial charge in [-0.1, -0.05) is 11.6 Å². The second-order valence-electron chi connectivity index (χ2n) is 7.96. The molecule has 1 saturated heterocycles. The van der Waals surface area contributed by atoms with Crippen LogP contribution in [0.15, 0.2) is 12.1 Å². The summed E-state index contributed by atoms with van der Waals surface area (Å²) in [4.78, 5) is 37.4. The maximum Gasteiger partial charge on any atom is 0.410 e. The van der Waals surface area contributed by atoms with Crippen LogP contribution in [0, 0.1) is 0 Å². The Bertz CT molecular complexity index is 800. The van der Waals surface area contributed by atoms with E-state index in [2.05, 4.69) is 5.32 Å². The highest BCUT2D eigenvalue weighted by atomic mass is 35.5. The first kappa shape index (κ1) is 23.6. The Kier molecular flexibility index (Phi) is 7.77. The normalized spacial score (nSPS) is 14.8. The predicted octanol–water partition coefficient (Wildman–Crippen LogP) is 2.34. The number of carbonyl (C=O) groups excluding carboxylic acids is 3. The fourth-order valence-corrected chi connectivity index (χ4v) is 3.20. The van der Waals surface area contributed by atoms with Crippen molar-refractivity contribution >= 4 is 29.5 Å². The highest BCUT2D eigenvalue weighted by Gasteiger charge is 2.28. The number of likely N-dealkylation sites (tertiary alicyclic amines) is 1. The van der Waals surface area contributed by atoms with E-state index >= 15 is 0 Å². The van der Waals surface area contributed by atoms with E-state index in [-0.39, 0.29) is 46.7 Å². The van der Waals surface area contributed by atoms with Gasteiger partial charge in [-0.05, 0) is 45.7 Å². The lowest BCUT2D eigenvalue weighted by Gasteiger charge is -2.33. The van der Waals surface area contributed by atoms with Gasteiger partial charge in [0.05, 0.1) is 12.1 Å². The second kappa shape index (κ2) is 9.88. The number of halogens is 1. The summed E-state index contributed by atoms with van der Waals surface area (Å²) in [6, 6.07) is 2.82. The van der Waals surface area contributed by atoms with E-state index in [1.54, 1.807) is 4.90 Å². The van der Waals surface area contributed by atoms with Crippen LogP contribution in [0.4, 0.5) is 4.79 Å². The molecule has 0 atom stereocenters. The Balaban J connectivity index is 1.97. The molecule has 0 spiro atoms. The quantitative estimate of drug-likeness (QED) is 0.699. The molecule has 1 aromatic carbocycles. The van der Waals surface area contributed by atoms with Crippen molar-refractivity contribution in [2.45, 2.75) is 45.3 Å². The van der Waals surface area contributed by atoms with Crippen LogP contribution < -0.4 is 20.5 Å². The molecule has 0 aromatic heterocycles. The molecule has 1 fully saturated rings. The lowest BCUT2D eigenvalue weighted by Crippen LogP contribution is -2.47. The fourth-order valence-electron chi connectivity index (χ4n) is 2.94. The molecule has 30 heavy (non-hydrogen) atoms. The van der Waals surface area contributed by atoms with Gasteiger partial charge < -0.3 is 30.2 Å². The van der Waals surface area contributed by atoms with Gasteiger partial charge in [-0.15, -0.1) is 0 Å². The molecule has 0 unspecified atom stereocenters. The van der Waals surface area contributed by atoms with E-state index in [0.717, 1.165) is 0 Å². The van der Waals surface area contributed by atoms with Crippen LogP contribution in [-0.4, -0.2) is 61.3 Å². The van der Waals surface area contributed by atoms with Crippen LogP contribution in [0.1, 0.15) is 44.0 Å². The minimum atomic E-state index is -0.660. The Hall–Kier alpha value is -2.68. The van der Waals surface area contributed by atoms with Crippen LogP contribution in [0.2, 0.25) is 5.02 Å². The molecule has 1 aromatic rings. The van der Waals surface area contributed by atoms with E-state index < -0.39 is 11.5 Å². The van der Waals surface area contributed by atoms with Gasteiger partial charge in [0.15, 0.2) is 18.1 Å². The van der Waals surface area contributed by atoms with Crippen LogP contribution in [0.3, 0.4) is 0 Å². The minimum absolute atomic E-state index is 0.0910. The summed E-state index contributed by atoms with van der Waals surface area (Å²) in [5, 5.41) is 3.07. The van der Waals surface area contributed by atoms with E-state index in [0.29, 0.717) is 25.9 Å². The number of rotatable bonds is 6. The third-order valence-corrected chi connectivity index (χ3v) is 4.61. The van der Waals surface area contributed by atoms with Crippen LogP contribution in [-0.2, 0) is 9.53 Å². The van der Waals surface area contributed by atoms with Crippen molar-refractivity contribution in [1.29, 1.82) is 0 Å². The zero-order valence-electron chi connectivity index (χ0n) is 17.6. The second-order valence-corrected chi connectivity index (χ2v) is 8.37. The van der Waals surface area contributed by atoms with Crippen molar-refractivity contribution < 1.29 is 28.6 Å². The summed E-state index contributed by atoms with van der Waals surface area (Å²) in [6.45, 7) is 6.08. The van der Waals surface area contributed by atoms with Crippen molar-refractivity contribution in [2.24, 2.45) is 5.73 Å². The molecule has 9 nitrogen and oxygen atoms in total. The van der Waals surface area contributed by atoms with Gasteiger partial charge in [0, 0.05) is 24.7 Å². The number of hydrogen-bond acceptors (Lipinski definition) is 6. The lowest BCUT2D eigenvalue weighted by atomic mass is 10.0. The largest absolute Gasteiger partial charge is 0.493 e. The highest BCUT2D eigenvalue weighted by molar-refractivity contribution is 6.32. The molecule has 10 heteroatoms. The minimum Gasteiger partial charge on any atom is -0.493 e. The number of carbonyl (C=O) groups is 3. The molecule has 0 bridgehead atoms. The summed E-state index contributed by atoms with van der Waals surface area (Å²) >= 11 is 6.20. The molecular weight excluding hydrogens is 414 g/mol. The van der Waals surface area contributed by atoms with Gasteiger partial charge in [-0.3, -0.25) is 9.59 Å². The summed E-state index contributed by atoms with van der Waals surface area (Å²) in [5.74, 6) is -0.631. The van der Waals surface area contributed by atoms with E-state index in [1.807, 2.05) is 20.8 Å². The van der Waals surface area contributed by atoms with Crippen molar-refractivity contribution in [3.63, 3.8) is 0 Å². The number of nitrogens with one attached hydrogen (secondary N) is 1. The first-order valence-corrected chi connectivity index (χ1v) is 9.95. The molecular formula is C20H28ClN3O6. The maximum absolute atomic E-state index is 12.7. The summed E-state index contributed by atoms with van der Waals surface area (Å²) < 4.78 is 15.9. The summed E-state index contributed by atoms with van der Waals surface area (Å²) in [6.07, 6.45) is 0.862. The first-order valence-electron chi connectivity index (χ1n) is 9.57. The topological polar surface area (TPSA) is 120 Å². The molecule has 1 aliphatic heterocycles. The van der Waals surface area contributed by atoms with Crippen molar-refractivity contribution in [1.82, 2.24) is 10.2 Å². The van der Waals surface area contributed by atoms with Gasteiger partial charge in [-0.25, -0.2) is 4.79 Å². The number of piperidine rings is 1. The molecule has 0 aliphatic carbocycles. The number of primary amides is 1. The number of hydrogen-bond donors (Lipinski definition) is 2. The van der Waals surface area contributed by atoms with Crippen LogP contribution >= 0.6 is 11.6 Å². The third-order valence-electron chi connectivity index (χ3n) is 4.33. The van der Waals surface area contributed by atoms with Gasteiger partial charge in [0.1, 0.15) is 5.60 Å². The zero-order valence-corrected chi connectivity index (χ0v) is 18.4. The SMILES string of the molecule is COc1cc(C(=O)NC2CCN(C(=O)OC(C)(C)C)CC2)cc(Cl)c1OCC(N)=O. The smallest absolute Gasteiger partial charge is 0.410 e. The lowest BCUT2D eigenvalue weighted by molar-refractivity contribution is -0.119. The van der Waals surface area contributed by atoms with E-state index in [9.17, 15) is 14.4 Å². The van der Waals surface area contributed by atoms with Crippen LogP contribution in [0.5, 0.6) is 11.5 Å². The molecule has 1 heterocycles. The molecule has 3 amide bonds. The summed E-state index contributed by atoms with van der Waals surface area (Å²) in [7, 11) is 1.40. The average Bonchev–Trinajstić information content (AvgIpc) is 2.65. The van der Waals surface area contributed by atoms with Gasteiger partial charge >= 0.3 is 6.09 Å². The molecule has 3 N–H and O–H groups in total. The predicted molar refractivity (Wildman–Crippen MR) is 111 cm³/mol. The number of benzene rings is 1. The molecule has 0 saturated carbocycles. The number of nitrogens with two attached hydrogens (primary N) is 1. The monoisotopic (exact) mass is 441 g/mol. The Morgan fingerprint density at radius 3 is 2.40 bits per heavy atom. The maximum atomic E-state index is 12.7. The fraction of sp³-hybridized carbons (Fsp3) is 0.550. The standard InChI is InChI=1S/C20H28ClN3O6/c1-20(2,3)30-19(27)24-7-5-13(6-8-24)23-18(26)12-9-14(21)17(15(10-12)28-4)29-11-16(22)25/h9-10,13H,5-8,11H2,1-4H3,(H2,22,25)(H,23,26). The average molecular weight is 442 g/mol. The highest BCUT2D eigenvalue weighted by Crippen LogP contribution is 2.36. The molecule has 166 valence electrons. The van der Waals surface area contributed by atoms with Crippen molar-refractivity contribution in [2.75, 3.05) is 26.8 Å². The molecule has 0 radical (unpaired) electrons. The van der Waals surface area contributed by atoms with Crippen LogP contribution in [0.25, 0.3) is 0 Å². The van der Waals surface area contributed by atoms with Crippen molar-refractivity contribution in [3.8, 4) is 11.5 Å². The first-order chi connectivity index (χ1) is 14.0. The van der Waals surface area contributed by atoms with Gasteiger partial charge in [0.2, 0.25) is 0 Å². The number of methoxy groups -OCH3 is 1. The Morgan fingerprint density at radius 2 is 1.87 bits per heavy atom. The van der Waals surface area contributed by atoms with E-state index in [4.69, 9.17) is 31.5 Å². The van der Waals surface area contributed by atoms with E-state index in [1.165, 1.54) is 19.2 Å². The molecule has 1 aliphatic rings. The Labute approximate surface area is 180 Å². The van der Waals surface area contributed by atoms with Gasteiger partial charge in [0.25, 0.3) is 11.8 Å². The Morgan fingerprint density at radius 1 is 1.23 bits per heavy atom. The third kappa shape index (κ3) is 6.69. The zero-order chi connectivity index (χ0) is 22.5. The summed E-state index contributed by atoms with van der Waals surface area (Å²) in [5.41, 5.74) is 4.82. The number of amides is 3. The number of ether oxygens (including phenoxy) is 3. The molecule has 2 rings (SSSR count). The van der Waals surface area contributed by atoms with Crippen molar-refractivity contribution in [3.05, 3.63) is 22.7 Å². The number of nitrogens with zero attached hydrogens (tertiary/aromatic N) is 1. The van der Waals surface area contributed by atoms with Gasteiger partial charge in [-0.2, -0.15) is 0 Å².